The van der Waals surface area contributed by atoms with Crippen LogP contribution in [0.4, 0.5) is 26.3 Å². The molecule has 1 aromatic rings. The largest absolute Gasteiger partial charge is 0.573 e. The first-order chi connectivity index (χ1) is 9.45. The van der Waals surface area contributed by atoms with E-state index in [-0.39, 0.29) is 0 Å². The maximum Gasteiger partial charge on any atom is 0.573 e. The Hall–Kier alpha value is -2.04. The summed E-state index contributed by atoms with van der Waals surface area (Å²) in [6.45, 7) is -0.958. The van der Waals surface area contributed by atoms with Crippen molar-refractivity contribution in [1.29, 1.82) is 0 Å². The molecule has 11 heteroatoms. The predicted octanol–water partition coefficient (Wildman–Crippen LogP) is 2.08. The van der Waals surface area contributed by atoms with Gasteiger partial charge in [-0.15, -0.1) is 13.2 Å². The van der Waals surface area contributed by atoms with E-state index in [2.05, 4.69) is 9.72 Å². The van der Waals surface area contributed by atoms with Gasteiger partial charge in [-0.1, -0.05) is 0 Å². The van der Waals surface area contributed by atoms with Crippen LogP contribution in [-0.2, 0) is 23.9 Å². The smallest absolute Gasteiger partial charge is 0.481 e. The van der Waals surface area contributed by atoms with E-state index < -0.39 is 54.0 Å². The van der Waals surface area contributed by atoms with Crippen molar-refractivity contribution < 1.29 is 41.0 Å². The molecule has 0 aliphatic rings. The number of nitrogens with zero attached hydrogens (tertiary/aromatic N) is 1. The third kappa shape index (κ3) is 4.48. The summed E-state index contributed by atoms with van der Waals surface area (Å²) in [5.74, 6) is -2.85. The number of aromatic nitrogens is 1. The number of rotatable bonds is 4. The Morgan fingerprint density at radius 2 is 1.86 bits per heavy atom. The summed E-state index contributed by atoms with van der Waals surface area (Å²) in [5.41, 5.74) is 1.66. The lowest BCUT2D eigenvalue weighted by atomic mass is 10.1. The zero-order chi connectivity index (χ0) is 16.4. The molecule has 1 aromatic heterocycles. The lowest BCUT2D eigenvalue weighted by Crippen LogP contribution is -2.23. The number of hydrogen-bond acceptors (Lipinski definition) is 4. The highest BCUT2D eigenvalue weighted by atomic mass is 19.4. The number of hydrogen-bond donors (Lipinski definition) is 2. The molecule has 0 unspecified atom stereocenters. The molecule has 0 radical (unpaired) electrons. The highest BCUT2D eigenvalue weighted by Gasteiger charge is 2.40. The Bertz CT molecular complexity index is 541. The summed E-state index contributed by atoms with van der Waals surface area (Å²) in [4.78, 5) is 13.5. The molecule has 0 aliphatic heterocycles. The molecule has 21 heavy (non-hydrogen) atoms. The summed E-state index contributed by atoms with van der Waals surface area (Å²) in [5, 5.41) is 8.56. The lowest BCUT2D eigenvalue weighted by Gasteiger charge is -2.19. The first kappa shape index (κ1) is 17.0. The molecule has 0 bridgehead atoms. The van der Waals surface area contributed by atoms with Gasteiger partial charge < -0.3 is 15.6 Å². The van der Waals surface area contributed by atoms with Crippen LogP contribution in [0.1, 0.15) is 16.8 Å². The van der Waals surface area contributed by atoms with Crippen LogP contribution >= 0.6 is 0 Å². The van der Waals surface area contributed by atoms with Gasteiger partial charge in [0.15, 0.2) is 5.69 Å². The van der Waals surface area contributed by atoms with Crippen LogP contribution < -0.4 is 10.5 Å². The van der Waals surface area contributed by atoms with Gasteiger partial charge in [0.05, 0.1) is 6.42 Å². The normalized spacial score (nSPS) is 12.3. The van der Waals surface area contributed by atoms with Crippen molar-refractivity contribution in [2.45, 2.75) is 25.5 Å². The Labute approximate surface area is 113 Å². The van der Waals surface area contributed by atoms with Gasteiger partial charge in [-0.2, -0.15) is 13.2 Å². The minimum Gasteiger partial charge on any atom is -0.481 e. The SMILES string of the molecule is NCc1c(C(F)(F)F)ncc(CC(=O)O)c1OC(F)(F)F. The number of halogens is 6. The summed E-state index contributed by atoms with van der Waals surface area (Å²) in [6, 6.07) is 0. The molecule has 0 saturated heterocycles. The Balaban J connectivity index is 3.52. The van der Waals surface area contributed by atoms with Gasteiger partial charge in [0.2, 0.25) is 0 Å². The second-order valence-corrected chi connectivity index (χ2v) is 3.76. The van der Waals surface area contributed by atoms with E-state index in [1.807, 2.05) is 0 Å². The highest BCUT2D eigenvalue weighted by Crippen LogP contribution is 2.38. The lowest BCUT2D eigenvalue weighted by molar-refractivity contribution is -0.275. The fourth-order valence-electron chi connectivity index (χ4n) is 1.55. The zero-order valence-corrected chi connectivity index (χ0v) is 10.0. The Morgan fingerprint density at radius 1 is 1.29 bits per heavy atom. The number of alkyl halides is 6. The van der Waals surface area contributed by atoms with Gasteiger partial charge in [-0.25, -0.2) is 0 Å². The van der Waals surface area contributed by atoms with Crippen LogP contribution in [0, 0.1) is 0 Å². The van der Waals surface area contributed by atoms with Crippen LogP contribution in [0.2, 0.25) is 0 Å². The number of ether oxygens (including phenoxy) is 1. The van der Waals surface area contributed by atoms with Crippen LogP contribution in [0.5, 0.6) is 5.75 Å². The fourth-order valence-corrected chi connectivity index (χ4v) is 1.55. The monoisotopic (exact) mass is 318 g/mol. The number of nitrogens with two attached hydrogens (primary N) is 1. The minimum atomic E-state index is -5.30. The van der Waals surface area contributed by atoms with Crippen molar-refractivity contribution in [1.82, 2.24) is 4.98 Å². The molecular weight excluding hydrogens is 310 g/mol. The van der Waals surface area contributed by atoms with E-state index in [1.165, 1.54) is 0 Å². The number of pyridine rings is 1. The average Bonchev–Trinajstić information content (AvgIpc) is 2.26. The Kier molecular flexibility index (Phi) is 4.66. The van der Waals surface area contributed by atoms with E-state index in [4.69, 9.17) is 10.8 Å². The van der Waals surface area contributed by atoms with E-state index in [1.54, 1.807) is 0 Å². The molecule has 118 valence electrons. The van der Waals surface area contributed by atoms with Gasteiger partial charge in [-0.05, 0) is 0 Å². The minimum absolute atomic E-state index is 0.372. The van der Waals surface area contributed by atoms with Crippen molar-refractivity contribution in [2.24, 2.45) is 5.73 Å². The van der Waals surface area contributed by atoms with Crippen molar-refractivity contribution in [2.75, 3.05) is 0 Å². The molecule has 3 N–H and O–H groups in total. The highest BCUT2D eigenvalue weighted by molar-refractivity contribution is 5.71. The van der Waals surface area contributed by atoms with Gasteiger partial charge in [0, 0.05) is 23.9 Å². The molecule has 0 aromatic carbocycles. The fraction of sp³-hybridized carbons (Fsp3) is 0.400. The number of aliphatic carboxylic acids is 1. The van der Waals surface area contributed by atoms with E-state index in [0.717, 1.165) is 0 Å². The second-order valence-electron chi connectivity index (χ2n) is 3.76. The number of carboxylic acids is 1. The van der Waals surface area contributed by atoms with Crippen molar-refractivity contribution in [3.05, 3.63) is 23.0 Å². The first-order valence-corrected chi connectivity index (χ1v) is 5.21. The average molecular weight is 318 g/mol. The molecule has 0 fully saturated rings. The van der Waals surface area contributed by atoms with Crippen molar-refractivity contribution in [3.63, 3.8) is 0 Å². The van der Waals surface area contributed by atoms with E-state index in [9.17, 15) is 31.1 Å². The summed E-state index contributed by atoms with van der Waals surface area (Å²) >= 11 is 0. The summed E-state index contributed by atoms with van der Waals surface area (Å²) in [7, 11) is 0. The molecule has 0 saturated carbocycles. The van der Waals surface area contributed by atoms with Gasteiger partial charge in [0.1, 0.15) is 5.75 Å². The molecule has 0 aliphatic carbocycles. The molecule has 0 atom stereocenters. The summed E-state index contributed by atoms with van der Waals surface area (Å²) < 4.78 is 78.4. The molecular formula is C10H8F6N2O3. The number of carboxylic acid groups (broad SMARTS) is 1. The molecule has 1 rings (SSSR count). The van der Waals surface area contributed by atoms with Gasteiger partial charge in [-0.3, -0.25) is 9.78 Å². The molecule has 0 spiro atoms. The van der Waals surface area contributed by atoms with Crippen LogP contribution in [0.25, 0.3) is 0 Å². The van der Waals surface area contributed by atoms with Gasteiger partial charge >= 0.3 is 18.5 Å². The first-order valence-electron chi connectivity index (χ1n) is 5.21. The maximum absolute atomic E-state index is 12.7. The summed E-state index contributed by atoms with van der Waals surface area (Å²) in [6.07, 6.45) is -11.0. The quantitative estimate of drug-likeness (QED) is 0.830. The van der Waals surface area contributed by atoms with Gasteiger partial charge in [0.25, 0.3) is 0 Å². The molecule has 5 nitrogen and oxygen atoms in total. The van der Waals surface area contributed by atoms with Crippen LogP contribution in [0.3, 0.4) is 0 Å². The van der Waals surface area contributed by atoms with E-state index >= 15 is 0 Å². The second kappa shape index (κ2) is 5.76. The molecule has 1 heterocycles. The third-order valence-electron chi connectivity index (χ3n) is 2.23. The van der Waals surface area contributed by atoms with E-state index in [0.29, 0.717) is 6.20 Å². The van der Waals surface area contributed by atoms with Crippen LogP contribution in [0.15, 0.2) is 6.20 Å². The van der Waals surface area contributed by atoms with Crippen LogP contribution in [-0.4, -0.2) is 22.4 Å². The van der Waals surface area contributed by atoms with Crippen molar-refractivity contribution in [3.8, 4) is 5.75 Å². The maximum atomic E-state index is 12.7. The standard InChI is InChI=1S/C10H8F6N2O3/c11-9(12,13)8-5(2-17)7(21-10(14,15)16)4(3-18-8)1-6(19)20/h3H,1-2,17H2,(H,19,20). The molecule has 0 amide bonds. The number of carbonyl (C=O) groups is 1. The Morgan fingerprint density at radius 3 is 2.24 bits per heavy atom. The van der Waals surface area contributed by atoms with Crippen molar-refractivity contribution >= 4 is 5.97 Å². The third-order valence-corrected chi connectivity index (χ3v) is 2.23. The predicted molar refractivity (Wildman–Crippen MR) is 55.2 cm³/mol. The zero-order valence-electron chi connectivity index (χ0n) is 10.0. The topological polar surface area (TPSA) is 85.4 Å².